The molecule has 2 fully saturated rings. The summed E-state index contributed by atoms with van der Waals surface area (Å²) in [5.74, 6) is 0.798. The molecule has 0 radical (unpaired) electrons. The Hall–Kier alpha value is -3.53. The minimum Gasteiger partial charge on any atom is -0.444 e. The Morgan fingerprint density at radius 1 is 1.15 bits per heavy atom. The number of anilines is 1. The molecule has 1 aliphatic carbocycles. The summed E-state index contributed by atoms with van der Waals surface area (Å²) in [7, 11) is 0. The van der Waals surface area contributed by atoms with E-state index in [9.17, 15) is 9.59 Å². The maximum Gasteiger partial charge on any atom is 0.407 e. The lowest BCUT2D eigenvalue weighted by Crippen LogP contribution is -2.58. The number of carbonyl (C=O) groups excluding carboxylic acids is 1. The van der Waals surface area contributed by atoms with Gasteiger partial charge in [0.15, 0.2) is 5.65 Å². The highest BCUT2D eigenvalue weighted by Crippen LogP contribution is 2.47. The summed E-state index contributed by atoms with van der Waals surface area (Å²) in [6.07, 6.45) is 10.8. The summed E-state index contributed by atoms with van der Waals surface area (Å²) in [6, 6.07) is 9.38. The van der Waals surface area contributed by atoms with Gasteiger partial charge in [0.05, 0.1) is 10.9 Å². The molecule has 10 heteroatoms. The first-order valence-electron chi connectivity index (χ1n) is 13.6. The summed E-state index contributed by atoms with van der Waals surface area (Å²) in [5.41, 5.74) is 0.992. The van der Waals surface area contributed by atoms with Gasteiger partial charge in [-0.25, -0.2) is 14.8 Å². The molecular weight excluding hydrogens is 512 g/mol. The van der Waals surface area contributed by atoms with Gasteiger partial charge in [0.25, 0.3) is 0 Å². The number of aromatic nitrogens is 4. The van der Waals surface area contributed by atoms with Crippen LogP contribution in [0.3, 0.4) is 0 Å². The van der Waals surface area contributed by atoms with Crippen LogP contribution in [0.4, 0.5) is 10.7 Å². The van der Waals surface area contributed by atoms with Crippen molar-refractivity contribution in [3.8, 4) is 0 Å². The number of fused-ring (bicyclic) bond motifs is 2. The molecule has 1 aromatic carbocycles. The minimum absolute atomic E-state index is 0.0274. The fourth-order valence-electron chi connectivity index (χ4n) is 6.11. The maximum absolute atomic E-state index is 12.8. The Morgan fingerprint density at radius 3 is 2.74 bits per heavy atom. The third-order valence-electron chi connectivity index (χ3n) is 7.90. The molecule has 1 amide bonds. The monoisotopic (exact) mass is 546 g/mol. The van der Waals surface area contributed by atoms with Crippen molar-refractivity contribution in [3.05, 3.63) is 59.3 Å². The van der Waals surface area contributed by atoms with E-state index in [2.05, 4.69) is 20.2 Å². The molecule has 1 aliphatic heterocycles. The van der Waals surface area contributed by atoms with Crippen molar-refractivity contribution in [2.24, 2.45) is 5.41 Å². The van der Waals surface area contributed by atoms with Gasteiger partial charge in [-0.2, -0.15) is 0 Å². The summed E-state index contributed by atoms with van der Waals surface area (Å²) in [5, 5.41) is 4.20. The van der Waals surface area contributed by atoms with Crippen LogP contribution in [0.1, 0.15) is 52.9 Å². The number of pyridine rings is 1. The highest BCUT2D eigenvalue weighted by atomic mass is 32.2. The molecule has 1 atom stereocenters. The van der Waals surface area contributed by atoms with Gasteiger partial charge < -0.3 is 19.9 Å². The number of carbonyl (C=O) groups is 1. The van der Waals surface area contributed by atoms with Gasteiger partial charge >= 0.3 is 6.09 Å². The third kappa shape index (κ3) is 5.09. The first kappa shape index (κ1) is 25.7. The second-order valence-corrected chi connectivity index (χ2v) is 12.7. The molecule has 3 aromatic heterocycles. The number of benzene rings is 1. The average molecular weight is 547 g/mol. The maximum atomic E-state index is 12.8. The normalized spacial score (nSPS) is 19.2. The van der Waals surface area contributed by atoms with E-state index in [1.807, 2.05) is 61.8 Å². The molecule has 9 nitrogen and oxygen atoms in total. The number of alkyl carbamates (subject to hydrolysis) is 1. The Morgan fingerprint density at radius 2 is 1.95 bits per heavy atom. The summed E-state index contributed by atoms with van der Waals surface area (Å²) in [4.78, 5) is 41.5. The van der Waals surface area contributed by atoms with Crippen molar-refractivity contribution in [3.63, 3.8) is 0 Å². The molecule has 1 saturated carbocycles. The van der Waals surface area contributed by atoms with Crippen LogP contribution in [0.25, 0.3) is 16.6 Å². The minimum atomic E-state index is -0.547. The Labute approximate surface area is 231 Å². The van der Waals surface area contributed by atoms with E-state index in [-0.39, 0.29) is 23.1 Å². The zero-order valence-corrected chi connectivity index (χ0v) is 23.4. The number of hydrogen-bond acceptors (Lipinski definition) is 7. The van der Waals surface area contributed by atoms with E-state index < -0.39 is 5.60 Å². The lowest BCUT2D eigenvalue weighted by molar-refractivity contribution is 0.0420. The van der Waals surface area contributed by atoms with E-state index in [1.54, 1.807) is 12.3 Å². The number of rotatable bonds is 4. The molecule has 1 saturated heterocycles. The van der Waals surface area contributed by atoms with E-state index >= 15 is 0 Å². The largest absolute Gasteiger partial charge is 0.444 e. The van der Waals surface area contributed by atoms with Gasteiger partial charge in [-0.3, -0.25) is 9.20 Å². The molecule has 4 heterocycles. The van der Waals surface area contributed by atoms with Gasteiger partial charge in [0.2, 0.25) is 11.5 Å². The predicted molar refractivity (Wildman–Crippen MR) is 153 cm³/mol. The third-order valence-corrected chi connectivity index (χ3v) is 8.97. The number of aromatic amines is 1. The van der Waals surface area contributed by atoms with Gasteiger partial charge in [0, 0.05) is 53.5 Å². The van der Waals surface area contributed by atoms with Gasteiger partial charge in [-0.15, -0.1) is 0 Å². The molecule has 204 valence electrons. The van der Waals surface area contributed by atoms with Crippen LogP contribution in [0, 0.1) is 5.41 Å². The van der Waals surface area contributed by atoms with Gasteiger partial charge in [-0.05, 0) is 51.5 Å². The molecule has 4 aromatic rings. The van der Waals surface area contributed by atoms with Crippen molar-refractivity contribution in [2.45, 2.75) is 74.3 Å². The molecule has 0 bridgehead atoms. The molecule has 1 unspecified atom stereocenters. The number of piperidine rings is 1. The topological polar surface area (TPSA) is 105 Å². The van der Waals surface area contributed by atoms with Crippen LogP contribution in [-0.4, -0.2) is 50.2 Å². The lowest BCUT2D eigenvalue weighted by atomic mass is 9.73. The number of H-pyrrole nitrogens is 1. The predicted octanol–water partition coefficient (Wildman–Crippen LogP) is 5.39. The fourth-order valence-corrected chi connectivity index (χ4v) is 7.15. The average Bonchev–Trinajstić information content (AvgIpc) is 3.56. The van der Waals surface area contributed by atoms with Crippen molar-refractivity contribution in [1.29, 1.82) is 0 Å². The second kappa shape index (κ2) is 9.89. The van der Waals surface area contributed by atoms with E-state index in [1.165, 1.54) is 24.6 Å². The molecule has 39 heavy (non-hydrogen) atoms. The second-order valence-electron chi connectivity index (χ2n) is 11.7. The number of para-hydroxylation sites is 1. The fraction of sp³-hybridized carbons (Fsp3) is 0.448. The Balaban J connectivity index is 1.30. The lowest BCUT2D eigenvalue weighted by Gasteiger charge is -2.46. The highest BCUT2D eigenvalue weighted by Gasteiger charge is 2.46. The van der Waals surface area contributed by atoms with Crippen LogP contribution < -0.4 is 15.8 Å². The Kier molecular flexibility index (Phi) is 6.53. The SMILES string of the molecule is CC(C)(C)OC(=O)NC1CN(c2ncc(Sc3cc(=O)[nH]c4ccccc34)c3nccn23)CCC12CCCC2. The quantitative estimate of drug-likeness (QED) is 0.354. The first-order valence-corrected chi connectivity index (χ1v) is 14.4. The number of imidazole rings is 1. The Bertz CT molecular complexity index is 1580. The van der Waals surface area contributed by atoms with Gasteiger partial charge in [0.1, 0.15) is 5.60 Å². The standard InChI is InChI=1S/C29H34N6O3S/c1-28(2,3)38-27(37)33-23-18-34(14-12-29(23)10-6-7-11-29)26-31-17-22(25-30-13-15-35(25)26)39-21-16-24(36)32-20-9-5-4-8-19(20)21/h4-5,8-9,13,15-17,23H,6-7,10-12,14,18H2,1-3H3,(H,32,36)(H,33,37). The molecular formula is C29H34N6O3S. The summed E-state index contributed by atoms with van der Waals surface area (Å²) in [6.45, 7) is 7.18. The number of nitrogens with one attached hydrogen (secondary N) is 2. The van der Waals surface area contributed by atoms with Crippen LogP contribution >= 0.6 is 11.8 Å². The van der Waals surface area contributed by atoms with Crippen molar-refractivity contribution in [1.82, 2.24) is 24.7 Å². The molecule has 2 N–H and O–H groups in total. The van der Waals surface area contributed by atoms with E-state index in [0.717, 1.165) is 58.1 Å². The first-order chi connectivity index (χ1) is 18.7. The van der Waals surface area contributed by atoms with Crippen LogP contribution in [0.15, 0.2) is 63.5 Å². The zero-order chi connectivity index (χ0) is 27.2. The van der Waals surface area contributed by atoms with Crippen LogP contribution in [-0.2, 0) is 4.74 Å². The van der Waals surface area contributed by atoms with E-state index in [0.29, 0.717) is 6.54 Å². The summed E-state index contributed by atoms with van der Waals surface area (Å²) < 4.78 is 7.64. The van der Waals surface area contributed by atoms with E-state index in [4.69, 9.17) is 9.72 Å². The molecule has 2 aliphatic rings. The molecule has 1 spiro atoms. The smallest absolute Gasteiger partial charge is 0.407 e. The number of hydrogen-bond donors (Lipinski definition) is 2. The highest BCUT2D eigenvalue weighted by molar-refractivity contribution is 7.99. The van der Waals surface area contributed by atoms with Crippen molar-refractivity contribution in [2.75, 3.05) is 18.0 Å². The van der Waals surface area contributed by atoms with Crippen LogP contribution in [0.5, 0.6) is 0 Å². The summed E-state index contributed by atoms with van der Waals surface area (Å²) >= 11 is 1.49. The van der Waals surface area contributed by atoms with Gasteiger partial charge in [-0.1, -0.05) is 42.8 Å². The number of nitrogens with zero attached hydrogens (tertiary/aromatic N) is 4. The number of ether oxygens (including phenoxy) is 1. The number of amides is 1. The van der Waals surface area contributed by atoms with Crippen molar-refractivity contribution >= 4 is 40.4 Å². The zero-order valence-electron chi connectivity index (χ0n) is 22.6. The van der Waals surface area contributed by atoms with Crippen molar-refractivity contribution < 1.29 is 9.53 Å². The molecule has 6 rings (SSSR count). The van der Waals surface area contributed by atoms with Crippen LogP contribution in [0.2, 0.25) is 0 Å².